The summed E-state index contributed by atoms with van der Waals surface area (Å²) in [7, 11) is 0. The van der Waals surface area contributed by atoms with Gasteiger partial charge < -0.3 is 4.74 Å². The van der Waals surface area contributed by atoms with Gasteiger partial charge in [-0.15, -0.1) is 11.6 Å². The normalized spacial score (nSPS) is 10.7. The highest BCUT2D eigenvalue weighted by Gasteiger charge is 2.07. The number of fused-ring (bicyclic) bond motifs is 1. The third-order valence-electron chi connectivity index (χ3n) is 3.11. The fourth-order valence-corrected chi connectivity index (χ4v) is 2.85. The Labute approximate surface area is 131 Å². The number of rotatable bonds is 3. The maximum Gasteiger partial charge on any atom is 0.142 e. The van der Waals surface area contributed by atoms with Crippen LogP contribution in [0.2, 0.25) is 0 Å². The Morgan fingerprint density at radius 1 is 0.950 bits per heavy atom. The van der Waals surface area contributed by atoms with E-state index in [9.17, 15) is 0 Å². The molecule has 0 saturated carbocycles. The molecule has 3 aromatic carbocycles. The standard InChI is InChI=1S/C17H12BrClO/c18-17-15-7-2-1-5-13(15)8-9-16(17)20-14-6-3-4-12(10-14)11-19/h1-10H,11H2. The van der Waals surface area contributed by atoms with Crippen molar-refractivity contribution in [2.45, 2.75) is 5.88 Å². The Hall–Kier alpha value is -1.51. The van der Waals surface area contributed by atoms with E-state index in [0.29, 0.717) is 5.88 Å². The first kappa shape index (κ1) is 13.5. The Bertz CT molecular complexity index is 755. The van der Waals surface area contributed by atoms with Crippen LogP contribution in [0.4, 0.5) is 0 Å². The van der Waals surface area contributed by atoms with Crippen LogP contribution in [0, 0.1) is 0 Å². The number of benzene rings is 3. The second-order valence-corrected chi connectivity index (χ2v) is 5.54. The average molecular weight is 348 g/mol. The van der Waals surface area contributed by atoms with Gasteiger partial charge in [0.15, 0.2) is 0 Å². The predicted molar refractivity (Wildman–Crippen MR) is 87.7 cm³/mol. The molecule has 1 nitrogen and oxygen atoms in total. The molecule has 0 fully saturated rings. The second kappa shape index (κ2) is 5.86. The Kier molecular flexibility index (Phi) is 3.95. The van der Waals surface area contributed by atoms with Gasteiger partial charge in [-0.1, -0.05) is 42.5 Å². The van der Waals surface area contributed by atoms with Gasteiger partial charge in [-0.3, -0.25) is 0 Å². The first-order chi connectivity index (χ1) is 9.78. The second-order valence-electron chi connectivity index (χ2n) is 4.48. The number of hydrogen-bond donors (Lipinski definition) is 0. The maximum atomic E-state index is 5.95. The minimum atomic E-state index is 0.482. The van der Waals surface area contributed by atoms with E-state index in [-0.39, 0.29) is 0 Å². The summed E-state index contributed by atoms with van der Waals surface area (Å²) in [5.41, 5.74) is 1.04. The maximum absolute atomic E-state index is 5.95. The fraction of sp³-hybridized carbons (Fsp3) is 0.0588. The monoisotopic (exact) mass is 346 g/mol. The van der Waals surface area contributed by atoms with Gasteiger partial charge in [0.2, 0.25) is 0 Å². The third-order valence-corrected chi connectivity index (χ3v) is 4.23. The van der Waals surface area contributed by atoms with E-state index in [1.165, 1.54) is 5.39 Å². The van der Waals surface area contributed by atoms with Crippen LogP contribution in [0.3, 0.4) is 0 Å². The van der Waals surface area contributed by atoms with Gasteiger partial charge in [-0.2, -0.15) is 0 Å². The topological polar surface area (TPSA) is 9.23 Å². The highest BCUT2D eigenvalue weighted by atomic mass is 79.9. The van der Waals surface area contributed by atoms with E-state index in [1.807, 2.05) is 42.5 Å². The lowest BCUT2D eigenvalue weighted by Crippen LogP contribution is -1.88. The molecular weight excluding hydrogens is 336 g/mol. The minimum Gasteiger partial charge on any atom is -0.456 e. The highest BCUT2D eigenvalue weighted by Crippen LogP contribution is 2.35. The van der Waals surface area contributed by atoms with Crippen LogP contribution >= 0.6 is 27.5 Å². The number of halogens is 2. The molecule has 0 aromatic heterocycles. The Balaban J connectivity index is 2.00. The van der Waals surface area contributed by atoms with Gasteiger partial charge in [0.05, 0.1) is 4.47 Å². The average Bonchev–Trinajstić information content (AvgIpc) is 2.50. The van der Waals surface area contributed by atoms with Crippen molar-refractivity contribution in [1.82, 2.24) is 0 Å². The predicted octanol–water partition coefficient (Wildman–Crippen LogP) is 6.13. The molecule has 3 heteroatoms. The molecule has 0 spiro atoms. The molecule has 0 unspecified atom stereocenters. The van der Waals surface area contributed by atoms with Crippen LogP contribution in [0.25, 0.3) is 10.8 Å². The van der Waals surface area contributed by atoms with Crippen molar-refractivity contribution in [3.63, 3.8) is 0 Å². The fourth-order valence-electron chi connectivity index (χ4n) is 2.11. The smallest absolute Gasteiger partial charge is 0.142 e. The van der Waals surface area contributed by atoms with Crippen molar-refractivity contribution < 1.29 is 4.74 Å². The van der Waals surface area contributed by atoms with Gasteiger partial charge in [-0.05, 0) is 50.5 Å². The zero-order valence-electron chi connectivity index (χ0n) is 10.6. The zero-order valence-corrected chi connectivity index (χ0v) is 13.0. The molecule has 0 atom stereocenters. The highest BCUT2D eigenvalue weighted by molar-refractivity contribution is 9.10. The van der Waals surface area contributed by atoms with E-state index < -0.39 is 0 Å². The molecule has 0 bridgehead atoms. The summed E-state index contributed by atoms with van der Waals surface area (Å²) in [6.07, 6.45) is 0. The molecule has 0 heterocycles. The van der Waals surface area contributed by atoms with Crippen molar-refractivity contribution in [2.75, 3.05) is 0 Å². The molecule has 20 heavy (non-hydrogen) atoms. The van der Waals surface area contributed by atoms with Gasteiger partial charge in [0.1, 0.15) is 11.5 Å². The summed E-state index contributed by atoms with van der Waals surface area (Å²) in [5.74, 6) is 2.07. The Morgan fingerprint density at radius 2 is 1.80 bits per heavy atom. The first-order valence-corrected chi connectivity index (χ1v) is 7.60. The molecule has 0 aliphatic heterocycles. The van der Waals surface area contributed by atoms with Crippen LogP contribution in [0.1, 0.15) is 5.56 Å². The molecular formula is C17H12BrClO. The number of ether oxygens (including phenoxy) is 1. The van der Waals surface area contributed by atoms with Gasteiger partial charge >= 0.3 is 0 Å². The molecule has 100 valence electrons. The lowest BCUT2D eigenvalue weighted by atomic mass is 10.1. The summed E-state index contributed by atoms with van der Waals surface area (Å²) in [5, 5.41) is 2.32. The third kappa shape index (κ3) is 2.67. The van der Waals surface area contributed by atoms with Crippen molar-refractivity contribution in [1.29, 1.82) is 0 Å². The largest absolute Gasteiger partial charge is 0.456 e. The molecule has 0 aliphatic rings. The lowest BCUT2D eigenvalue weighted by molar-refractivity contribution is 0.480. The van der Waals surface area contributed by atoms with Crippen LogP contribution < -0.4 is 4.74 Å². The molecule has 3 rings (SSSR count). The van der Waals surface area contributed by atoms with E-state index in [2.05, 4.69) is 34.1 Å². The van der Waals surface area contributed by atoms with Crippen LogP contribution in [-0.2, 0) is 5.88 Å². The molecule has 3 aromatic rings. The van der Waals surface area contributed by atoms with Crippen LogP contribution in [0.15, 0.2) is 65.1 Å². The van der Waals surface area contributed by atoms with Crippen molar-refractivity contribution in [2.24, 2.45) is 0 Å². The van der Waals surface area contributed by atoms with Gasteiger partial charge in [0, 0.05) is 5.88 Å². The molecule has 0 aliphatic carbocycles. The number of alkyl halides is 1. The van der Waals surface area contributed by atoms with Crippen molar-refractivity contribution in [3.05, 3.63) is 70.7 Å². The van der Waals surface area contributed by atoms with Gasteiger partial charge in [0.25, 0.3) is 0 Å². The van der Waals surface area contributed by atoms with Crippen molar-refractivity contribution >= 4 is 38.3 Å². The van der Waals surface area contributed by atoms with E-state index >= 15 is 0 Å². The van der Waals surface area contributed by atoms with E-state index in [0.717, 1.165) is 26.9 Å². The molecule has 0 amide bonds. The van der Waals surface area contributed by atoms with Crippen molar-refractivity contribution in [3.8, 4) is 11.5 Å². The quantitative estimate of drug-likeness (QED) is 0.518. The SMILES string of the molecule is ClCc1cccc(Oc2ccc3ccccc3c2Br)c1. The summed E-state index contributed by atoms with van der Waals surface area (Å²) < 4.78 is 6.92. The molecule has 0 N–H and O–H groups in total. The summed E-state index contributed by atoms with van der Waals surface area (Å²) in [6.45, 7) is 0. The van der Waals surface area contributed by atoms with Crippen LogP contribution in [-0.4, -0.2) is 0 Å². The lowest BCUT2D eigenvalue weighted by Gasteiger charge is -2.10. The zero-order chi connectivity index (χ0) is 13.9. The summed E-state index contributed by atoms with van der Waals surface area (Å²) in [4.78, 5) is 0. The molecule has 0 radical (unpaired) electrons. The Morgan fingerprint density at radius 3 is 2.65 bits per heavy atom. The summed E-state index contributed by atoms with van der Waals surface area (Å²) >= 11 is 9.47. The first-order valence-electron chi connectivity index (χ1n) is 6.28. The van der Waals surface area contributed by atoms with Crippen LogP contribution in [0.5, 0.6) is 11.5 Å². The van der Waals surface area contributed by atoms with E-state index in [4.69, 9.17) is 16.3 Å². The summed E-state index contributed by atoms with van der Waals surface area (Å²) in [6, 6.07) is 20.0. The van der Waals surface area contributed by atoms with Gasteiger partial charge in [-0.25, -0.2) is 0 Å². The van der Waals surface area contributed by atoms with E-state index in [1.54, 1.807) is 0 Å². The number of hydrogen-bond acceptors (Lipinski definition) is 1. The minimum absolute atomic E-state index is 0.482. The molecule has 0 saturated heterocycles.